The standard InChI is InChI=1S/C23H28N4O3S/c1-4-24-22(27-16-23(2,28)18-10-11-31-15-18)26-14-17-8-9-21(25-13-17)30-20-7-5-6-19(12-20)29-3/h5-13,15,28H,4,14,16H2,1-3H3,(H2,24,26,27). The van der Waals surface area contributed by atoms with Gasteiger partial charge in [0.05, 0.1) is 20.2 Å². The number of aliphatic hydroxyl groups is 1. The van der Waals surface area contributed by atoms with Crippen molar-refractivity contribution in [3.05, 3.63) is 70.5 Å². The molecule has 0 amide bonds. The molecule has 0 radical (unpaired) electrons. The van der Waals surface area contributed by atoms with Crippen molar-refractivity contribution in [3.8, 4) is 17.4 Å². The van der Waals surface area contributed by atoms with Crippen LogP contribution in [0.15, 0.2) is 64.4 Å². The van der Waals surface area contributed by atoms with Crippen molar-refractivity contribution in [3.63, 3.8) is 0 Å². The molecule has 31 heavy (non-hydrogen) atoms. The first-order valence-electron chi connectivity index (χ1n) is 10.0. The molecule has 2 aromatic heterocycles. The van der Waals surface area contributed by atoms with E-state index in [1.54, 1.807) is 37.6 Å². The molecule has 1 aromatic carbocycles. The minimum atomic E-state index is -0.975. The van der Waals surface area contributed by atoms with E-state index in [2.05, 4.69) is 20.6 Å². The number of methoxy groups -OCH3 is 1. The first-order valence-corrected chi connectivity index (χ1v) is 11.0. The van der Waals surface area contributed by atoms with Gasteiger partial charge in [-0.2, -0.15) is 11.3 Å². The number of rotatable bonds is 9. The molecule has 1 atom stereocenters. The summed E-state index contributed by atoms with van der Waals surface area (Å²) in [6, 6.07) is 13.0. The Balaban J connectivity index is 1.58. The summed E-state index contributed by atoms with van der Waals surface area (Å²) in [7, 11) is 1.62. The first kappa shape index (κ1) is 22.6. The van der Waals surface area contributed by atoms with Crippen LogP contribution in [0.5, 0.6) is 17.4 Å². The molecule has 0 aliphatic carbocycles. The van der Waals surface area contributed by atoms with Crippen LogP contribution in [0.2, 0.25) is 0 Å². The van der Waals surface area contributed by atoms with Crippen molar-refractivity contribution < 1.29 is 14.6 Å². The summed E-state index contributed by atoms with van der Waals surface area (Å²) in [6.07, 6.45) is 1.74. The van der Waals surface area contributed by atoms with E-state index in [4.69, 9.17) is 9.47 Å². The Kier molecular flexibility index (Phi) is 7.86. The lowest BCUT2D eigenvalue weighted by molar-refractivity contribution is 0.0621. The predicted octanol–water partition coefficient (Wildman–Crippen LogP) is 3.91. The maximum Gasteiger partial charge on any atom is 0.219 e. The molecule has 3 aromatic rings. The van der Waals surface area contributed by atoms with Crippen LogP contribution in [-0.2, 0) is 12.1 Å². The minimum absolute atomic E-state index is 0.348. The average molecular weight is 441 g/mol. The number of benzene rings is 1. The normalized spacial score (nSPS) is 13.4. The number of hydrogen-bond donors (Lipinski definition) is 3. The van der Waals surface area contributed by atoms with Gasteiger partial charge in [0.1, 0.15) is 17.1 Å². The molecular formula is C23H28N4O3S. The summed E-state index contributed by atoms with van der Waals surface area (Å²) in [5.41, 5.74) is 0.855. The number of hydrogen-bond acceptors (Lipinski definition) is 6. The lowest BCUT2D eigenvalue weighted by atomic mass is 9.99. The van der Waals surface area contributed by atoms with Gasteiger partial charge < -0.3 is 25.2 Å². The molecule has 0 aliphatic heterocycles. The zero-order valence-electron chi connectivity index (χ0n) is 18.0. The number of guanidine groups is 1. The molecule has 0 fully saturated rings. The highest BCUT2D eigenvalue weighted by Crippen LogP contribution is 2.24. The molecule has 0 spiro atoms. The number of nitrogens with one attached hydrogen (secondary N) is 2. The lowest BCUT2D eigenvalue weighted by Crippen LogP contribution is -2.44. The van der Waals surface area contributed by atoms with Crippen LogP contribution in [0.25, 0.3) is 0 Å². The van der Waals surface area contributed by atoms with Gasteiger partial charge in [0.2, 0.25) is 5.88 Å². The fraction of sp³-hybridized carbons (Fsp3) is 0.304. The molecule has 0 aliphatic rings. The number of aliphatic imine (C=N–C) groups is 1. The van der Waals surface area contributed by atoms with Gasteiger partial charge in [-0.05, 0) is 53.9 Å². The third-order valence-corrected chi connectivity index (χ3v) is 5.25. The number of nitrogens with zero attached hydrogens (tertiary/aromatic N) is 2. The summed E-state index contributed by atoms with van der Waals surface area (Å²) in [6.45, 7) is 5.30. The zero-order chi connectivity index (χ0) is 22.1. The maximum atomic E-state index is 10.7. The number of pyridine rings is 1. The highest BCUT2D eigenvalue weighted by atomic mass is 32.1. The highest BCUT2D eigenvalue weighted by molar-refractivity contribution is 7.08. The smallest absolute Gasteiger partial charge is 0.219 e. The van der Waals surface area contributed by atoms with Crippen LogP contribution >= 0.6 is 11.3 Å². The third-order valence-electron chi connectivity index (χ3n) is 4.57. The SMILES string of the molecule is CCNC(=NCc1ccc(Oc2cccc(OC)c2)nc1)NCC(C)(O)c1ccsc1. The van der Waals surface area contributed by atoms with E-state index < -0.39 is 5.60 Å². The van der Waals surface area contributed by atoms with Crippen LogP contribution in [0.3, 0.4) is 0 Å². The van der Waals surface area contributed by atoms with E-state index in [9.17, 15) is 5.11 Å². The van der Waals surface area contributed by atoms with Gasteiger partial charge in [-0.3, -0.25) is 0 Å². The van der Waals surface area contributed by atoms with Crippen LogP contribution < -0.4 is 20.1 Å². The topological polar surface area (TPSA) is 88.0 Å². The van der Waals surface area contributed by atoms with Gasteiger partial charge in [-0.1, -0.05) is 12.1 Å². The van der Waals surface area contributed by atoms with Crippen LogP contribution in [0.4, 0.5) is 0 Å². The third kappa shape index (κ3) is 6.70. The average Bonchev–Trinajstić information content (AvgIpc) is 3.33. The van der Waals surface area contributed by atoms with E-state index in [0.29, 0.717) is 30.7 Å². The highest BCUT2D eigenvalue weighted by Gasteiger charge is 2.23. The lowest BCUT2D eigenvalue weighted by Gasteiger charge is -2.24. The van der Waals surface area contributed by atoms with Crippen LogP contribution in [0, 0.1) is 0 Å². The Morgan fingerprint density at radius 2 is 2.03 bits per heavy atom. The van der Waals surface area contributed by atoms with E-state index in [1.807, 2.05) is 54.1 Å². The molecule has 0 bridgehead atoms. The molecular weight excluding hydrogens is 412 g/mol. The zero-order valence-corrected chi connectivity index (χ0v) is 18.8. The molecule has 164 valence electrons. The predicted molar refractivity (Wildman–Crippen MR) is 124 cm³/mol. The van der Waals surface area contributed by atoms with E-state index in [0.717, 1.165) is 23.4 Å². The molecule has 2 heterocycles. The van der Waals surface area contributed by atoms with Crippen molar-refractivity contribution in [1.82, 2.24) is 15.6 Å². The van der Waals surface area contributed by atoms with Gasteiger partial charge in [0.15, 0.2) is 5.96 Å². The Morgan fingerprint density at radius 3 is 2.71 bits per heavy atom. The molecule has 0 saturated heterocycles. The summed E-state index contributed by atoms with van der Waals surface area (Å²) in [5.74, 6) is 2.52. The van der Waals surface area contributed by atoms with Crippen molar-refractivity contribution in [2.75, 3.05) is 20.2 Å². The van der Waals surface area contributed by atoms with E-state index in [-0.39, 0.29) is 0 Å². The van der Waals surface area contributed by atoms with Crippen LogP contribution in [0.1, 0.15) is 25.0 Å². The molecule has 0 saturated carbocycles. The van der Waals surface area contributed by atoms with Crippen molar-refractivity contribution in [2.24, 2.45) is 4.99 Å². The van der Waals surface area contributed by atoms with E-state index >= 15 is 0 Å². The maximum absolute atomic E-state index is 10.7. The second kappa shape index (κ2) is 10.8. The van der Waals surface area contributed by atoms with Crippen molar-refractivity contribution in [1.29, 1.82) is 0 Å². The Bertz CT molecular complexity index is 973. The Labute approximate surface area is 186 Å². The fourth-order valence-corrected chi connectivity index (χ4v) is 3.57. The van der Waals surface area contributed by atoms with Gasteiger partial charge in [0.25, 0.3) is 0 Å². The molecule has 1 unspecified atom stereocenters. The second-order valence-electron chi connectivity index (χ2n) is 7.12. The molecule has 3 N–H and O–H groups in total. The number of ether oxygens (including phenoxy) is 2. The summed E-state index contributed by atoms with van der Waals surface area (Å²) in [4.78, 5) is 8.95. The number of thiophene rings is 1. The van der Waals surface area contributed by atoms with E-state index in [1.165, 1.54) is 0 Å². The summed E-state index contributed by atoms with van der Waals surface area (Å²) < 4.78 is 11.0. The van der Waals surface area contributed by atoms with Gasteiger partial charge in [-0.25, -0.2) is 9.98 Å². The summed E-state index contributed by atoms with van der Waals surface area (Å²) in [5, 5.41) is 21.0. The molecule has 7 nitrogen and oxygen atoms in total. The molecule has 3 rings (SSSR count). The van der Waals surface area contributed by atoms with Crippen molar-refractivity contribution >= 4 is 17.3 Å². The quantitative estimate of drug-likeness (QED) is 0.345. The largest absolute Gasteiger partial charge is 0.497 e. The minimum Gasteiger partial charge on any atom is -0.497 e. The Morgan fingerprint density at radius 1 is 1.19 bits per heavy atom. The monoisotopic (exact) mass is 440 g/mol. The van der Waals surface area contributed by atoms with Crippen LogP contribution in [-0.4, -0.2) is 36.2 Å². The van der Waals surface area contributed by atoms with Gasteiger partial charge >= 0.3 is 0 Å². The first-order chi connectivity index (χ1) is 15.0. The summed E-state index contributed by atoms with van der Waals surface area (Å²) >= 11 is 1.56. The Hall–Kier alpha value is -3.10. The second-order valence-corrected chi connectivity index (χ2v) is 7.90. The molecule has 8 heteroatoms. The van der Waals surface area contributed by atoms with Gasteiger partial charge in [-0.15, -0.1) is 0 Å². The van der Waals surface area contributed by atoms with Gasteiger partial charge in [0, 0.05) is 24.9 Å². The van der Waals surface area contributed by atoms with Crippen molar-refractivity contribution in [2.45, 2.75) is 26.0 Å². The fourth-order valence-electron chi connectivity index (χ4n) is 2.79. The number of aromatic nitrogens is 1.